The van der Waals surface area contributed by atoms with Crippen molar-refractivity contribution in [3.8, 4) is 11.1 Å². The number of amides is 1. The van der Waals surface area contributed by atoms with Crippen LogP contribution >= 0.6 is 11.6 Å². The Kier molecular flexibility index (Phi) is 5.18. The van der Waals surface area contributed by atoms with Gasteiger partial charge >= 0.3 is 0 Å². The molecule has 140 valence electrons. The fourth-order valence-corrected chi connectivity index (χ4v) is 2.87. The second-order valence-electron chi connectivity index (χ2n) is 5.62. The van der Waals surface area contributed by atoms with Gasteiger partial charge in [0.25, 0.3) is 0 Å². The van der Waals surface area contributed by atoms with E-state index in [0.29, 0.717) is 6.41 Å². The maximum Gasteiger partial charge on any atom is 0.219 e. The Labute approximate surface area is 156 Å². The number of benzene rings is 2. The monoisotopic (exact) mass is 397 g/mol. The molecule has 1 aromatic heterocycles. The molecule has 0 N–H and O–H groups in total. The number of hydrogen-bond donors (Lipinski definition) is 0. The summed E-state index contributed by atoms with van der Waals surface area (Å²) in [6.07, 6.45) is 1.77. The molecule has 27 heavy (non-hydrogen) atoms. The first-order chi connectivity index (χ1) is 12.8. The molecule has 0 aliphatic rings. The summed E-state index contributed by atoms with van der Waals surface area (Å²) in [4.78, 5) is 12.8. The van der Waals surface area contributed by atoms with Crippen molar-refractivity contribution in [2.75, 3.05) is 4.90 Å². The fraction of sp³-hybridized carbons (Fsp3) is 0.111. The quantitative estimate of drug-likeness (QED) is 0.263. The first-order valence-corrected chi connectivity index (χ1v) is 8.07. The van der Waals surface area contributed by atoms with Gasteiger partial charge in [0.05, 0.1) is 11.4 Å². The van der Waals surface area contributed by atoms with Crippen LogP contribution in [0.15, 0.2) is 42.6 Å². The highest BCUT2D eigenvalue weighted by molar-refractivity contribution is 6.20. The molecule has 1 amide bonds. The van der Waals surface area contributed by atoms with E-state index >= 15 is 0 Å². The van der Waals surface area contributed by atoms with Gasteiger partial charge in [0.15, 0.2) is 17.5 Å². The number of carbonyl (C=O) groups is 1. The summed E-state index contributed by atoms with van der Waals surface area (Å²) in [5, 5.41) is 3.89. The zero-order valence-electron chi connectivity index (χ0n) is 13.8. The summed E-state index contributed by atoms with van der Waals surface area (Å²) in [5.41, 5.74) is -1.70. The van der Waals surface area contributed by atoms with Crippen LogP contribution in [0.2, 0.25) is 0 Å². The third kappa shape index (κ3) is 3.52. The molecule has 0 saturated carbocycles. The molecule has 1 heterocycles. The van der Waals surface area contributed by atoms with E-state index in [9.17, 15) is 22.4 Å². The summed E-state index contributed by atoms with van der Waals surface area (Å²) in [5.74, 6) is -4.34. The van der Waals surface area contributed by atoms with Crippen LogP contribution in [0.4, 0.5) is 28.9 Å². The molecule has 1 unspecified atom stereocenters. The Morgan fingerprint density at radius 2 is 1.78 bits per heavy atom. The molecule has 9 heteroatoms. The second kappa shape index (κ2) is 7.40. The van der Waals surface area contributed by atoms with Crippen molar-refractivity contribution in [2.24, 2.45) is 7.05 Å². The number of rotatable bonds is 5. The van der Waals surface area contributed by atoms with Gasteiger partial charge in [-0.3, -0.25) is 14.4 Å². The molecule has 0 bridgehead atoms. The molecule has 0 saturated heterocycles. The predicted octanol–water partition coefficient (Wildman–Crippen LogP) is 5.01. The molecule has 0 fully saturated rings. The number of halogens is 5. The van der Waals surface area contributed by atoms with E-state index in [4.69, 9.17) is 11.6 Å². The van der Waals surface area contributed by atoms with Gasteiger partial charge in [-0.1, -0.05) is 29.8 Å². The lowest BCUT2D eigenvalue weighted by Crippen LogP contribution is -2.16. The Bertz CT molecular complexity index is 983. The summed E-state index contributed by atoms with van der Waals surface area (Å²) < 4.78 is 55.6. The molecular weight excluding hydrogens is 386 g/mol. The highest BCUT2D eigenvalue weighted by atomic mass is 35.5. The van der Waals surface area contributed by atoms with Crippen molar-refractivity contribution in [1.82, 2.24) is 9.78 Å². The maximum atomic E-state index is 13.7. The Balaban J connectivity index is 2.20. The molecule has 4 nitrogen and oxygen atoms in total. The van der Waals surface area contributed by atoms with Crippen molar-refractivity contribution in [2.45, 2.75) is 5.63 Å². The fourth-order valence-electron chi connectivity index (χ4n) is 2.72. The van der Waals surface area contributed by atoms with Crippen LogP contribution in [-0.4, -0.2) is 16.2 Å². The molecule has 3 rings (SSSR count). The Hall–Kier alpha value is -2.87. The molecule has 0 radical (unpaired) electrons. The molecule has 1 atom stereocenters. The van der Waals surface area contributed by atoms with E-state index < -0.39 is 23.1 Å². The van der Waals surface area contributed by atoms with Crippen molar-refractivity contribution in [3.63, 3.8) is 0 Å². The van der Waals surface area contributed by atoms with E-state index in [1.807, 2.05) is 0 Å². The van der Waals surface area contributed by atoms with Crippen LogP contribution in [0.1, 0.15) is 11.3 Å². The minimum Gasteiger partial charge on any atom is -0.279 e. The van der Waals surface area contributed by atoms with Gasteiger partial charge in [0.2, 0.25) is 12.0 Å². The smallest absolute Gasteiger partial charge is 0.219 e. The van der Waals surface area contributed by atoms with E-state index in [0.717, 1.165) is 17.0 Å². The van der Waals surface area contributed by atoms with Crippen molar-refractivity contribution >= 4 is 29.4 Å². The van der Waals surface area contributed by atoms with Crippen molar-refractivity contribution in [1.29, 1.82) is 0 Å². The third-order valence-corrected chi connectivity index (χ3v) is 4.07. The number of para-hydroxylation sites is 1. The van der Waals surface area contributed by atoms with Gasteiger partial charge in [-0.2, -0.15) is 5.10 Å². The average molecular weight is 398 g/mol. The normalized spacial score (nSPS) is 12.1. The highest BCUT2D eigenvalue weighted by Gasteiger charge is 2.24. The van der Waals surface area contributed by atoms with Gasteiger partial charge in [-0.15, -0.1) is 0 Å². The van der Waals surface area contributed by atoms with Gasteiger partial charge in [0, 0.05) is 18.8 Å². The largest absolute Gasteiger partial charge is 0.279 e. The van der Waals surface area contributed by atoms with Crippen LogP contribution in [0, 0.1) is 17.5 Å². The lowest BCUT2D eigenvalue weighted by molar-refractivity contribution is -0.106. The topological polar surface area (TPSA) is 38.1 Å². The van der Waals surface area contributed by atoms with E-state index in [2.05, 4.69) is 5.10 Å². The summed E-state index contributed by atoms with van der Waals surface area (Å²) in [6.45, 7) is 0. The number of anilines is 2. The lowest BCUT2D eigenvalue weighted by Gasteiger charge is -2.21. The number of nitrogens with zero attached hydrogens (tertiary/aromatic N) is 3. The van der Waals surface area contributed by atoms with Crippen molar-refractivity contribution in [3.05, 3.63) is 65.7 Å². The first kappa shape index (κ1) is 18.9. The predicted molar refractivity (Wildman–Crippen MR) is 92.9 cm³/mol. The zero-order chi connectivity index (χ0) is 19.7. The van der Waals surface area contributed by atoms with E-state index in [1.54, 1.807) is 12.1 Å². The van der Waals surface area contributed by atoms with Crippen LogP contribution in [0.3, 0.4) is 0 Å². The van der Waals surface area contributed by atoms with Gasteiger partial charge in [-0.25, -0.2) is 17.6 Å². The van der Waals surface area contributed by atoms with Crippen LogP contribution in [-0.2, 0) is 11.8 Å². The summed E-state index contributed by atoms with van der Waals surface area (Å²) in [7, 11) is 1.52. The third-order valence-electron chi connectivity index (χ3n) is 3.87. The second-order valence-corrected chi connectivity index (χ2v) is 6.00. The van der Waals surface area contributed by atoms with Crippen LogP contribution < -0.4 is 4.90 Å². The number of alkyl halides is 2. The number of carbonyl (C=O) groups excluding carboxylic acids is 1. The SMILES string of the molecule is Cn1cc(N(C=O)c2ccccc2-c2cc(F)c(F)c(F)c2)c(C(F)Cl)n1. The van der Waals surface area contributed by atoms with Crippen LogP contribution in [0.25, 0.3) is 11.1 Å². The Morgan fingerprint density at radius 1 is 1.15 bits per heavy atom. The number of hydrogen-bond acceptors (Lipinski definition) is 2. The standard InChI is InChI=1S/C18H12ClF4N3O/c1-25-8-15(17(24-25)18(19)23)26(9-27)14-5-3-2-4-11(14)10-6-12(20)16(22)13(21)7-10/h2-9,18H,1H3. The number of aromatic nitrogens is 2. The molecule has 3 aromatic rings. The highest BCUT2D eigenvalue weighted by Crippen LogP contribution is 2.38. The minimum absolute atomic E-state index is 0.00182. The molecular formula is C18H12ClF4N3O. The van der Waals surface area contributed by atoms with E-state index in [1.165, 1.54) is 30.1 Å². The van der Waals surface area contributed by atoms with Crippen LogP contribution in [0.5, 0.6) is 0 Å². The van der Waals surface area contributed by atoms with Gasteiger partial charge in [-0.05, 0) is 23.8 Å². The zero-order valence-corrected chi connectivity index (χ0v) is 14.6. The average Bonchev–Trinajstić information content (AvgIpc) is 3.02. The molecule has 0 aliphatic heterocycles. The summed E-state index contributed by atoms with van der Waals surface area (Å²) in [6, 6.07) is 7.75. The van der Waals surface area contributed by atoms with Crippen molar-refractivity contribution < 1.29 is 22.4 Å². The molecule has 0 aliphatic carbocycles. The van der Waals surface area contributed by atoms with Gasteiger partial charge in [0.1, 0.15) is 5.69 Å². The Morgan fingerprint density at radius 3 is 2.37 bits per heavy atom. The maximum absolute atomic E-state index is 13.7. The molecule has 0 spiro atoms. The van der Waals surface area contributed by atoms with Gasteiger partial charge < -0.3 is 0 Å². The summed E-state index contributed by atoms with van der Waals surface area (Å²) >= 11 is 5.50. The number of aryl methyl sites for hydroxylation is 1. The lowest BCUT2D eigenvalue weighted by atomic mass is 10.0. The molecule has 2 aromatic carbocycles. The van der Waals surface area contributed by atoms with E-state index in [-0.39, 0.29) is 28.2 Å². The minimum atomic E-state index is -1.98. The first-order valence-electron chi connectivity index (χ1n) is 7.63.